The zero-order chi connectivity index (χ0) is 14.6. The summed E-state index contributed by atoms with van der Waals surface area (Å²) in [5.41, 5.74) is 0. The summed E-state index contributed by atoms with van der Waals surface area (Å²) in [5.74, 6) is -7.83. The van der Waals surface area contributed by atoms with Crippen LogP contribution in [-0.4, -0.2) is 49.7 Å². The van der Waals surface area contributed by atoms with E-state index in [1.54, 1.807) is 13.8 Å². The highest BCUT2D eigenvalue weighted by molar-refractivity contribution is 5.84. The van der Waals surface area contributed by atoms with E-state index < -0.39 is 18.0 Å². The van der Waals surface area contributed by atoms with Crippen LogP contribution in [0.4, 0.5) is 22.0 Å². The normalized spacial score (nSPS) is 12.9. The van der Waals surface area contributed by atoms with Crippen molar-refractivity contribution in [1.29, 1.82) is 0 Å². The van der Waals surface area contributed by atoms with E-state index in [-0.39, 0.29) is 25.6 Å². The number of halogens is 5. The van der Waals surface area contributed by atoms with Gasteiger partial charge in [0, 0.05) is 20.2 Å². The summed E-state index contributed by atoms with van der Waals surface area (Å²) < 4.78 is 66.6. The molecule has 3 nitrogen and oxygen atoms in total. The van der Waals surface area contributed by atoms with Crippen LogP contribution in [0.3, 0.4) is 0 Å². The van der Waals surface area contributed by atoms with Gasteiger partial charge in [-0.05, 0) is 5.92 Å². The molecule has 0 aliphatic rings. The number of methoxy groups -OCH3 is 1. The number of carbonyl (C=O) groups is 1. The topological polar surface area (TPSA) is 29.5 Å². The Labute approximate surface area is 102 Å². The Hall–Kier alpha value is -0.920. The Morgan fingerprint density at radius 3 is 2.06 bits per heavy atom. The van der Waals surface area contributed by atoms with Crippen LogP contribution in [0.5, 0.6) is 0 Å². The van der Waals surface area contributed by atoms with Gasteiger partial charge in [-0.25, -0.2) is 0 Å². The first-order valence-electron chi connectivity index (χ1n) is 5.26. The second-order valence-corrected chi connectivity index (χ2v) is 4.21. The number of hydrogen-bond acceptors (Lipinski definition) is 2. The maximum Gasteiger partial charge on any atom is 0.463 e. The van der Waals surface area contributed by atoms with Crippen LogP contribution in [0, 0.1) is 5.92 Å². The summed E-state index contributed by atoms with van der Waals surface area (Å²) in [7, 11) is 1.26. The van der Waals surface area contributed by atoms with E-state index in [4.69, 9.17) is 0 Å². The standard InChI is InChI=1S/C10H16F5NO2/c1-7(2)6-16(4-5-18-3)8(17)9(11,12)10(13,14)15/h7H,4-6H2,1-3H3. The lowest BCUT2D eigenvalue weighted by Crippen LogP contribution is -2.53. The summed E-state index contributed by atoms with van der Waals surface area (Å²) in [5, 5.41) is 0. The van der Waals surface area contributed by atoms with Crippen molar-refractivity contribution in [1.82, 2.24) is 4.90 Å². The monoisotopic (exact) mass is 277 g/mol. The minimum absolute atomic E-state index is 0.105. The lowest BCUT2D eigenvalue weighted by atomic mass is 10.2. The van der Waals surface area contributed by atoms with Crippen LogP contribution in [0.15, 0.2) is 0 Å². The van der Waals surface area contributed by atoms with Crippen molar-refractivity contribution < 1.29 is 31.5 Å². The SMILES string of the molecule is COCCN(CC(C)C)C(=O)C(F)(F)C(F)(F)F. The molecule has 18 heavy (non-hydrogen) atoms. The number of carbonyl (C=O) groups excluding carboxylic acids is 1. The van der Waals surface area contributed by atoms with Crippen LogP contribution < -0.4 is 0 Å². The zero-order valence-electron chi connectivity index (χ0n) is 10.4. The molecule has 0 fully saturated rings. The first-order valence-corrected chi connectivity index (χ1v) is 5.26. The minimum Gasteiger partial charge on any atom is -0.383 e. The maximum atomic E-state index is 12.9. The smallest absolute Gasteiger partial charge is 0.383 e. The van der Waals surface area contributed by atoms with Crippen molar-refractivity contribution in [3.05, 3.63) is 0 Å². The molecule has 0 saturated carbocycles. The summed E-state index contributed by atoms with van der Waals surface area (Å²) in [6.07, 6.45) is -5.88. The van der Waals surface area contributed by atoms with Gasteiger partial charge in [-0.2, -0.15) is 22.0 Å². The van der Waals surface area contributed by atoms with E-state index in [9.17, 15) is 26.7 Å². The number of rotatable bonds is 6. The highest BCUT2D eigenvalue weighted by atomic mass is 19.4. The first-order chi connectivity index (χ1) is 8.04. The van der Waals surface area contributed by atoms with E-state index in [2.05, 4.69) is 4.74 Å². The fourth-order valence-corrected chi connectivity index (χ4v) is 1.24. The van der Waals surface area contributed by atoms with Gasteiger partial charge in [-0.3, -0.25) is 4.79 Å². The third kappa shape index (κ3) is 4.40. The Morgan fingerprint density at radius 2 is 1.72 bits per heavy atom. The molecule has 0 bridgehead atoms. The van der Waals surface area contributed by atoms with Crippen LogP contribution in [0.2, 0.25) is 0 Å². The van der Waals surface area contributed by atoms with Gasteiger partial charge in [0.05, 0.1) is 6.61 Å². The van der Waals surface area contributed by atoms with Crippen LogP contribution >= 0.6 is 0 Å². The highest BCUT2D eigenvalue weighted by Gasteiger charge is 2.64. The van der Waals surface area contributed by atoms with Gasteiger partial charge in [-0.1, -0.05) is 13.8 Å². The largest absolute Gasteiger partial charge is 0.463 e. The molecule has 0 rings (SSSR count). The predicted octanol–water partition coefficient (Wildman–Crippen LogP) is 2.32. The Morgan fingerprint density at radius 1 is 1.22 bits per heavy atom. The molecule has 0 saturated heterocycles. The molecule has 108 valence electrons. The summed E-state index contributed by atoms with van der Waals surface area (Å²) in [4.78, 5) is 11.7. The molecule has 0 aromatic heterocycles. The molecule has 0 N–H and O–H groups in total. The summed E-state index contributed by atoms with van der Waals surface area (Å²) in [6.45, 7) is 2.62. The molecule has 8 heteroatoms. The Balaban J connectivity index is 4.94. The maximum absolute atomic E-state index is 12.9. The van der Waals surface area contributed by atoms with Gasteiger partial charge in [0.25, 0.3) is 0 Å². The Kier molecular flexibility index (Phi) is 5.98. The van der Waals surface area contributed by atoms with Crippen LogP contribution in [0.25, 0.3) is 0 Å². The van der Waals surface area contributed by atoms with Crippen molar-refractivity contribution in [2.24, 2.45) is 5.92 Å². The number of amides is 1. The van der Waals surface area contributed by atoms with Gasteiger partial charge in [-0.15, -0.1) is 0 Å². The van der Waals surface area contributed by atoms with Gasteiger partial charge < -0.3 is 9.64 Å². The average Bonchev–Trinajstić information content (AvgIpc) is 2.20. The van der Waals surface area contributed by atoms with Crippen molar-refractivity contribution in [3.8, 4) is 0 Å². The number of nitrogens with zero attached hydrogens (tertiary/aromatic N) is 1. The second-order valence-electron chi connectivity index (χ2n) is 4.21. The predicted molar refractivity (Wildman–Crippen MR) is 54.3 cm³/mol. The fraction of sp³-hybridized carbons (Fsp3) is 0.900. The van der Waals surface area contributed by atoms with Crippen molar-refractivity contribution >= 4 is 5.91 Å². The third-order valence-electron chi connectivity index (χ3n) is 2.06. The number of ether oxygens (including phenoxy) is 1. The van der Waals surface area contributed by atoms with Gasteiger partial charge in [0.15, 0.2) is 0 Å². The highest BCUT2D eigenvalue weighted by Crippen LogP contribution is 2.36. The van der Waals surface area contributed by atoms with E-state index >= 15 is 0 Å². The first kappa shape index (κ1) is 17.1. The summed E-state index contributed by atoms with van der Waals surface area (Å²) in [6, 6.07) is 0. The molecule has 0 unspecified atom stereocenters. The Bertz CT molecular complexity index is 278. The fourth-order valence-electron chi connectivity index (χ4n) is 1.24. The van der Waals surface area contributed by atoms with E-state index in [1.807, 2.05) is 0 Å². The van der Waals surface area contributed by atoms with Gasteiger partial charge >= 0.3 is 18.0 Å². The third-order valence-corrected chi connectivity index (χ3v) is 2.06. The molecule has 0 aliphatic carbocycles. The number of alkyl halides is 5. The molecule has 0 aromatic carbocycles. The van der Waals surface area contributed by atoms with Gasteiger partial charge in [0.2, 0.25) is 0 Å². The van der Waals surface area contributed by atoms with E-state index in [0.29, 0.717) is 4.90 Å². The molecule has 0 atom stereocenters. The minimum atomic E-state index is -5.88. The molecular weight excluding hydrogens is 261 g/mol. The molecule has 0 aliphatic heterocycles. The quantitative estimate of drug-likeness (QED) is 0.697. The molecule has 0 spiro atoms. The van der Waals surface area contributed by atoms with Crippen molar-refractivity contribution in [3.63, 3.8) is 0 Å². The molecule has 1 amide bonds. The molecule has 0 heterocycles. The van der Waals surface area contributed by atoms with Crippen molar-refractivity contribution in [2.75, 3.05) is 26.8 Å². The molecular formula is C10H16F5NO2. The van der Waals surface area contributed by atoms with Gasteiger partial charge in [0.1, 0.15) is 0 Å². The van der Waals surface area contributed by atoms with Crippen LogP contribution in [0.1, 0.15) is 13.8 Å². The van der Waals surface area contributed by atoms with Crippen molar-refractivity contribution in [2.45, 2.75) is 25.9 Å². The lowest BCUT2D eigenvalue weighted by molar-refractivity contribution is -0.274. The zero-order valence-corrected chi connectivity index (χ0v) is 10.4. The van der Waals surface area contributed by atoms with E-state index in [0.717, 1.165) is 0 Å². The molecule has 0 aromatic rings. The number of hydrogen-bond donors (Lipinski definition) is 0. The summed E-state index contributed by atoms with van der Waals surface area (Å²) >= 11 is 0. The van der Waals surface area contributed by atoms with E-state index in [1.165, 1.54) is 7.11 Å². The second kappa shape index (κ2) is 6.31. The average molecular weight is 277 g/mol. The lowest BCUT2D eigenvalue weighted by Gasteiger charge is -2.29. The molecule has 0 radical (unpaired) electrons. The van der Waals surface area contributed by atoms with Crippen LogP contribution in [-0.2, 0) is 9.53 Å².